The second-order valence-corrected chi connectivity index (χ2v) is 1.21. The number of carbonyl (C=O) groups excluding carboxylic acids is 2. The molecule has 0 atom stereocenters. The molecule has 0 unspecified atom stereocenters. The molecule has 0 amide bonds. The minimum Gasteiger partial charge on any atom is -0.298 e. The first-order valence-electron chi connectivity index (χ1n) is 2.03. The summed E-state index contributed by atoms with van der Waals surface area (Å²) in [4.78, 5) is 20.0. The van der Waals surface area contributed by atoms with E-state index >= 15 is 0 Å². The molecule has 0 saturated carbocycles. The predicted octanol–water partition coefficient (Wildman–Crippen LogP) is 0.497. The SMILES string of the molecule is C=CC(=O)C(=C)C=O. The molecule has 0 fully saturated rings. The Labute approximate surface area is 47.5 Å². The van der Waals surface area contributed by atoms with Gasteiger partial charge in [0, 0.05) is 0 Å². The summed E-state index contributed by atoms with van der Waals surface area (Å²) in [7, 11) is 0. The molecule has 0 aliphatic carbocycles. The molecule has 0 N–H and O–H groups in total. The summed E-state index contributed by atoms with van der Waals surface area (Å²) in [6, 6.07) is 0. The Hall–Kier alpha value is -1.18. The zero-order valence-corrected chi connectivity index (χ0v) is 4.39. The Balaban J connectivity index is 4.02. The number of carbonyl (C=O) groups is 2. The van der Waals surface area contributed by atoms with Gasteiger partial charge < -0.3 is 0 Å². The van der Waals surface area contributed by atoms with Gasteiger partial charge >= 0.3 is 0 Å². The number of ketones is 1. The van der Waals surface area contributed by atoms with Crippen molar-refractivity contribution >= 4 is 12.1 Å². The molecule has 42 valence electrons. The number of allylic oxidation sites excluding steroid dienone is 2. The summed E-state index contributed by atoms with van der Waals surface area (Å²) >= 11 is 0. The van der Waals surface area contributed by atoms with E-state index in [0.717, 1.165) is 6.08 Å². The Kier molecular flexibility index (Phi) is 2.48. The van der Waals surface area contributed by atoms with Gasteiger partial charge in [-0.25, -0.2) is 0 Å². The van der Waals surface area contributed by atoms with Gasteiger partial charge in [-0.3, -0.25) is 9.59 Å². The highest BCUT2D eigenvalue weighted by molar-refractivity contribution is 6.16. The fraction of sp³-hybridized carbons (Fsp3) is 0. The first-order valence-corrected chi connectivity index (χ1v) is 2.03. The van der Waals surface area contributed by atoms with Gasteiger partial charge in [-0.1, -0.05) is 13.2 Å². The highest BCUT2D eigenvalue weighted by Gasteiger charge is 1.96. The average Bonchev–Trinajstić information content (AvgIpc) is 1.84. The van der Waals surface area contributed by atoms with Crippen molar-refractivity contribution < 1.29 is 9.59 Å². The number of hydrogen-bond acceptors (Lipinski definition) is 2. The van der Waals surface area contributed by atoms with Crippen molar-refractivity contribution in [2.45, 2.75) is 0 Å². The van der Waals surface area contributed by atoms with Crippen molar-refractivity contribution in [3.8, 4) is 0 Å². The standard InChI is InChI=1S/C6H6O2/c1-3-6(8)5(2)4-7/h3-4H,1-2H2. The maximum Gasteiger partial charge on any atom is 0.187 e. The van der Waals surface area contributed by atoms with E-state index in [9.17, 15) is 9.59 Å². The second-order valence-electron chi connectivity index (χ2n) is 1.21. The molecule has 0 bridgehead atoms. The van der Waals surface area contributed by atoms with E-state index in [1.54, 1.807) is 0 Å². The zero-order valence-electron chi connectivity index (χ0n) is 4.39. The third kappa shape index (κ3) is 1.51. The van der Waals surface area contributed by atoms with Crippen LogP contribution in [-0.2, 0) is 9.59 Å². The summed E-state index contributed by atoms with van der Waals surface area (Å²) in [5, 5.41) is 0. The smallest absolute Gasteiger partial charge is 0.187 e. The second kappa shape index (κ2) is 2.91. The van der Waals surface area contributed by atoms with Crippen LogP contribution in [-0.4, -0.2) is 12.1 Å². The average molecular weight is 110 g/mol. The van der Waals surface area contributed by atoms with Gasteiger partial charge in [0.1, 0.15) is 0 Å². The van der Waals surface area contributed by atoms with Crippen LogP contribution in [0.3, 0.4) is 0 Å². The van der Waals surface area contributed by atoms with Gasteiger partial charge in [0.05, 0.1) is 5.57 Å². The Morgan fingerprint density at radius 3 is 2.12 bits per heavy atom. The van der Waals surface area contributed by atoms with Crippen molar-refractivity contribution in [2.24, 2.45) is 0 Å². The van der Waals surface area contributed by atoms with Crippen molar-refractivity contribution in [2.75, 3.05) is 0 Å². The quantitative estimate of drug-likeness (QED) is 0.229. The minimum absolute atomic E-state index is 0.0556. The van der Waals surface area contributed by atoms with Gasteiger partial charge in [-0.15, -0.1) is 0 Å². The van der Waals surface area contributed by atoms with Crippen molar-refractivity contribution in [1.82, 2.24) is 0 Å². The molecule has 0 aromatic heterocycles. The first-order chi connectivity index (χ1) is 3.72. The van der Waals surface area contributed by atoms with E-state index < -0.39 is 5.78 Å². The molecule has 0 saturated heterocycles. The van der Waals surface area contributed by atoms with Crippen LogP contribution in [0.15, 0.2) is 24.8 Å². The van der Waals surface area contributed by atoms with E-state index in [4.69, 9.17) is 0 Å². The van der Waals surface area contributed by atoms with E-state index in [-0.39, 0.29) is 5.57 Å². The fourth-order valence-corrected chi connectivity index (χ4v) is 0.189. The molecule has 2 heteroatoms. The zero-order chi connectivity index (χ0) is 6.57. The van der Waals surface area contributed by atoms with Crippen molar-refractivity contribution in [3.63, 3.8) is 0 Å². The molecule has 0 aromatic carbocycles. The third-order valence-corrected chi connectivity index (χ3v) is 0.644. The Morgan fingerprint density at radius 1 is 1.50 bits per heavy atom. The molecule has 0 radical (unpaired) electrons. The Bertz CT molecular complexity index is 127. The number of aldehydes is 1. The van der Waals surface area contributed by atoms with Crippen LogP contribution in [0.2, 0.25) is 0 Å². The number of hydrogen-bond donors (Lipinski definition) is 0. The van der Waals surface area contributed by atoms with E-state index in [1.165, 1.54) is 0 Å². The van der Waals surface area contributed by atoms with Crippen LogP contribution in [0.25, 0.3) is 0 Å². The summed E-state index contributed by atoms with van der Waals surface area (Å²) < 4.78 is 0. The monoisotopic (exact) mass is 110 g/mol. The van der Waals surface area contributed by atoms with Crippen LogP contribution < -0.4 is 0 Å². The summed E-state index contributed by atoms with van der Waals surface area (Å²) in [5.74, 6) is -0.417. The predicted molar refractivity (Wildman–Crippen MR) is 30.4 cm³/mol. The van der Waals surface area contributed by atoms with Crippen LogP contribution >= 0.6 is 0 Å². The van der Waals surface area contributed by atoms with E-state index in [1.807, 2.05) is 0 Å². The normalized spacial score (nSPS) is 7.50. The molecule has 0 aliphatic heterocycles. The maximum atomic E-state index is 10.3. The highest BCUT2D eigenvalue weighted by atomic mass is 16.1. The van der Waals surface area contributed by atoms with Crippen LogP contribution in [0.5, 0.6) is 0 Å². The van der Waals surface area contributed by atoms with E-state index in [2.05, 4.69) is 13.2 Å². The van der Waals surface area contributed by atoms with Gasteiger partial charge in [0.2, 0.25) is 0 Å². The number of rotatable bonds is 3. The molecule has 8 heavy (non-hydrogen) atoms. The van der Waals surface area contributed by atoms with Gasteiger partial charge in [-0.05, 0) is 6.08 Å². The lowest BCUT2D eigenvalue weighted by molar-refractivity contribution is -0.114. The summed E-state index contributed by atoms with van der Waals surface area (Å²) in [5.41, 5.74) is -0.0556. The van der Waals surface area contributed by atoms with Crippen LogP contribution in [0.4, 0.5) is 0 Å². The van der Waals surface area contributed by atoms with Crippen molar-refractivity contribution in [1.29, 1.82) is 0 Å². The van der Waals surface area contributed by atoms with Gasteiger partial charge in [0.15, 0.2) is 12.1 Å². The van der Waals surface area contributed by atoms with Gasteiger partial charge in [0.25, 0.3) is 0 Å². The van der Waals surface area contributed by atoms with Crippen molar-refractivity contribution in [3.05, 3.63) is 24.8 Å². The molecule has 0 spiro atoms. The topological polar surface area (TPSA) is 34.1 Å². The summed E-state index contributed by atoms with van der Waals surface area (Å²) in [6.45, 7) is 6.32. The minimum atomic E-state index is -0.417. The fourth-order valence-electron chi connectivity index (χ4n) is 0.189. The molecule has 0 heterocycles. The lowest BCUT2D eigenvalue weighted by Crippen LogP contribution is -1.95. The first kappa shape index (κ1) is 6.82. The molecular weight excluding hydrogens is 104 g/mol. The van der Waals surface area contributed by atoms with Gasteiger partial charge in [-0.2, -0.15) is 0 Å². The molecule has 0 aromatic rings. The lowest BCUT2D eigenvalue weighted by atomic mass is 10.2. The Morgan fingerprint density at radius 2 is 2.00 bits per heavy atom. The summed E-state index contributed by atoms with van der Waals surface area (Å²) in [6.07, 6.45) is 1.46. The maximum absolute atomic E-state index is 10.3. The third-order valence-electron chi connectivity index (χ3n) is 0.644. The van der Waals surface area contributed by atoms with Crippen LogP contribution in [0, 0.1) is 0 Å². The van der Waals surface area contributed by atoms with E-state index in [0.29, 0.717) is 6.29 Å². The largest absolute Gasteiger partial charge is 0.298 e. The molecular formula is C6H6O2. The molecule has 0 aliphatic rings. The van der Waals surface area contributed by atoms with Crippen LogP contribution in [0.1, 0.15) is 0 Å². The molecule has 0 rings (SSSR count). The lowest BCUT2D eigenvalue weighted by Gasteiger charge is -1.82. The molecule has 2 nitrogen and oxygen atoms in total. The highest BCUT2D eigenvalue weighted by Crippen LogP contribution is 1.85.